The van der Waals surface area contributed by atoms with Crippen molar-refractivity contribution in [2.45, 2.75) is 77.7 Å². The first kappa shape index (κ1) is 24.7. The maximum Gasteiger partial charge on any atom is 0.410 e. The van der Waals surface area contributed by atoms with Crippen LogP contribution in [0.25, 0.3) is 0 Å². The van der Waals surface area contributed by atoms with Gasteiger partial charge in [-0.05, 0) is 52.9 Å². The average Bonchev–Trinajstić information content (AvgIpc) is 2.55. The maximum absolute atomic E-state index is 12.5. The Kier molecular flexibility index (Phi) is 10.9. The molecule has 0 saturated heterocycles. The van der Waals surface area contributed by atoms with E-state index >= 15 is 0 Å². The average molecular weight is 391 g/mol. The van der Waals surface area contributed by atoms with Gasteiger partial charge in [0.05, 0.1) is 18.0 Å². The van der Waals surface area contributed by atoms with Gasteiger partial charge in [-0.1, -0.05) is 13.0 Å². The van der Waals surface area contributed by atoms with Gasteiger partial charge in [-0.15, -0.1) is 18.2 Å². The zero-order chi connectivity index (χ0) is 20.5. The lowest BCUT2D eigenvalue weighted by atomic mass is 9.94. The molecule has 0 fully saturated rings. The van der Waals surface area contributed by atoms with Crippen LogP contribution in [0.4, 0.5) is 4.79 Å². The number of rotatable bonds is 10. The quantitative estimate of drug-likeness (QED) is 0.443. The molecule has 0 aromatic carbocycles. The van der Waals surface area contributed by atoms with Crippen molar-refractivity contribution in [3.05, 3.63) is 12.7 Å². The summed E-state index contributed by atoms with van der Waals surface area (Å²) in [6.07, 6.45) is 2.80. The van der Waals surface area contributed by atoms with Gasteiger partial charge >= 0.3 is 6.09 Å². The molecular formula is C19H35ClN2O4. The summed E-state index contributed by atoms with van der Waals surface area (Å²) in [6.45, 7) is 12.7. The van der Waals surface area contributed by atoms with Crippen LogP contribution in [-0.4, -0.2) is 58.7 Å². The van der Waals surface area contributed by atoms with Gasteiger partial charge in [0.2, 0.25) is 5.91 Å². The third kappa shape index (κ3) is 9.43. The summed E-state index contributed by atoms with van der Waals surface area (Å²) in [5.41, 5.74) is -0.639. The first-order chi connectivity index (χ1) is 11.9. The zero-order valence-corrected chi connectivity index (χ0v) is 17.7. The van der Waals surface area contributed by atoms with Crippen molar-refractivity contribution in [1.82, 2.24) is 10.2 Å². The Labute approximate surface area is 162 Å². The molecule has 0 aromatic rings. The van der Waals surface area contributed by atoms with Crippen LogP contribution in [0.15, 0.2) is 12.7 Å². The molecular weight excluding hydrogens is 356 g/mol. The second-order valence-electron chi connectivity index (χ2n) is 7.81. The molecule has 152 valence electrons. The number of halogens is 1. The SMILES string of the molecule is C=CCC[C@@H](C)C[C@H](NC(=O)[C@H](C)N(C)C(=O)OC(C)(C)C)[C@H](O)CCl. The summed E-state index contributed by atoms with van der Waals surface area (Å²) in [6, 6.07) is -1.22. The molecule has 0 bridgehead atoms. The monoisotopic (exact) mass is 390 g/mol. The number of hydrogen-bond donors (Lipinski definition) is 2. The number of hydrogen-bond acceptors (Lipinski definition) is 4. The number of carbonyl (C=O) groups is 2. The largest absolute Gasteiger partial charge is 0.444 e. The van der Waals surface area contributed by atoms with Crippen LogP contribution in [0.5, 0.6) is 0 Å². The van der Waals surface area contributed by atoms with Crippen LogP contribution >= 0.6 is 11.6 Å². The Hall–Kier alpha value is -1.27. The maximum atomic E-state index is 12.5. The van der Waals surface area contributed by atoms with E-state index in [4.69, 9.17) is 16.3 Å². The Bertz CT molecular complexity index is 465. The fraction of sp³-hybridized carbons (Fsp3) is 0.789. The highest BCUT2D eigenvalue weighted by Crippen LogP contribution is 2.17. The number of ether oxygens (including phenoxy) is 1. The van der Waals surface area contributed by atoms with Crippen LogP contribution in [0.1, 0.15) is 53.9 Å². The van der Waals surface area contributed by atoms with Gasteiger partial charge in [0.15, 0.2) is 0 Å². The minimum atomic E-state index is -0.856. The molecule has 0 aliphatic carbocycles. The third-order valence-electron chi connectivity index (χ3n) is 4.11. The lowest BCUT2D eigenvalue weighted by molar-refractivity contribution is -0.127. The molecule has 2 N–H and O–H groups in total. The standard InChI is InChI=1S/C19H35ClN2O4/c1-8-9-10-13(2)11-15(16(23)12-20)21-17(24)14(3)22(7)18(25)26-19(4,5)6/h8,13-16,23H,1,9-12H2,2-7H3,(H,21,24)/t13-,14+,15+,16-/m1/s1. The highest BCUT2D eigenvalue weighted by Gasteiger charge is 2.30. The van der Waals surface area contributed by atoms with Gasteiger partial charge in [0.25, 0.3) is 0 Å². The molecule has 7 heteroatoms. The molecule has 4 atom stereocenters. The molecule has 0 rings (SSSR count). The van der Waals surface area contributed by atoms with E-state index in [0.29, 0.717) is 6.42 Å². The zero-order valence-electron chi connectivity index (χ0n) is 16.9. The highest BCUT2D eigenvalue weighted by molar-refractivity contribution is 6.18. The van der Waals surface area contributed by atoms with Gasteiger partial charge in [-0.25, -0.2) is 4.79 Å². The second kappa shape index (κ2) is 11.4. The Balaban J connectivity index is 4.90. The van der Waals surface area contributed by atoms with Crippen molar-refractivity contribution in [2.75, 3.05) is 12.9 Å². The van der Waals surface area contributed by atoms with E-state index in [1.54, 1.807) is 27.7 Å². The van der Waals surface area contributed by atoms with Gasteiger partial charge in [0, 0.05) is 7.05 Å². The Morgan fingerprint density at radius 1 is 1.35 bits per heavy atom. The van der Waals surface area contributed by atoms with E-state index in [-0.39, 0.29) is 17.7 Å². The Morgan fingerprint density at radius 2 is 1.92 bits per heavy atom. The third-order valence-corrected chi connectivity index (χ3v) is 4.43. The summed E-state index contributed by atoms with van der Waals surface area (Å²) in [5.74, 6) is -0.0476. The number of allylic oxidation sites excluding steroid dienone is 1. The van der Waals surface area contributed by atoms with Crippen LogP contribution in [0, 0.1) is 5.92 Å². The molecule has 0 spiro atoms. The lowest BCUT2D eigenvalue weighted by Crippen LogP contribution is -2.53. The van der Waals surface area contributed by atoms with E-state index < -0.39 is 29.9 Å². The molecule has 0 unspecified atom stereocenters. The predicted octanol–water partition coefficient (Wildman–Crippen LogP) is 3.32. The molecule has 0 aliphatic rings. The lowest BCUT2D eigenvalue weighted by Gasteiger charge is -2.31. The summed E-state index contributed by atoms with van der Waals surface area (Å²) in [7, 11) is 1.51. The van der Waals surface area contributed by atoms with Crippen molar-refractivity contribution in [2.24, 2.45) is 5.92 Å². The number of nitrogens with one attached hydrogen (secondary N) is 1. The molecule has 0 heterocycles. The normalized spacial score (nSPS) is 16.2. The topological polar surface area (TPSA) is 78.9 Å². The molecule has 26 heavy (non-hydrogen) atoms. The van der Waals surface area contributed by atoms with E-state index in [9.17, 15) is 14.7 Å². The number of amides is 2. The van der Waals surface area contributed by atoms with E-state index in [2.05, 4.69) is 18.8 Å². The number of carbonyl (C=O) groups excluding carboxylic acids is 2. The van der Waals surface area contributed by atoms with E-state index in [0.717, 1.165) is 12.8 Å². The summed E-state index contributed by atoms with van der Waals surface area (Å²) < 4.78 is 5.28. The second-order valence-corrected chi connectivity index (χ2v) is 8.12. The van der Waals surface area contributed by atoms with Crippen molar-refractivity contribution in [3.8, 4) is 0 Å². The Morgan fingerprint density at radius 3 is 2.38 bits per heavy atom. The van der Waals surface area contributed by atoms with Crippen molar-refractivity contribution in [3.63, 3.8) is 0 Å². The molecule has 2 amide bonds. The van der Waals surface area contributed by atoms with E-state index in [1.807, 2.05) is 6.08 Å². The van der Waals surface area contributed by atoms with Gasteiger partial charge in [-0.2, -0.15) is 0 Å². The van der Waals surface area contributed by atoms with Crippen LogP contribution in [-0.2, 0) is 9.53 Å². The highest BCUT2D eigenvalue weighted by atomic mass is 35.5. The molecule has 0 radical (unpaired) electrons. The summed E-state index contributed by atoms with van der Waals surface area (Å²) in [4.78, 5) is 25.9. The van der Waals surface area contributed by atoms with Gasteiger partial charge in [0.1, 0.15) is 11.6 Å². The van der Waals surface area contributed by atoms with Gasteiger partial charge < -0.3 is 15.2 Å². The van der Waals surface area contributed by atoms with Gasteiger partial charge in [-0.3, -0.25) is 9.69 Å². The smallest absolute Gasteiger partial charge is 0.410 e. The molecule has 0 saturated carbocycles. The predicted molar refractivity (Wildman–Crippen MR) is 105 cm³/mol. The first-order valence-electron chi connectivity index (χ1n) is 9.04. The summed E-state index contributed by atoms with van der Waals surface area (Å²) in [5, 5.41) is 13.0. The minimum absolute atomic E-state index is 0.0232. The summed E-state index contributed by atoms with van der Waals surface area (Å²) >= 11 is 5.78. The fourth-order valence-corrected chi connectivity index (χ4v) is 2.56. The van der Waals surface area contributed by atoms with Crippen molar-refractivity contribution in [1.29, 1.82) is 0 Å². The number of likely N-dealkylation sites (N-methyl/N-ethyl adjacent to an activating group) is 1. The van der Waals surface area contributed by atoms with Crippen molar-refractivity contribution < 1.29 is 19.4 Å². The first-order valence-corrected chi connectivity index (χ1v) is 9.57. The number of alkyl halides is 1. The number of nitrogens with zero attached hydrogens (tertiary/aromatic N) is 1. The van der Waals surface area contributed by atoms with Crippen molar-refractivity contribution >= 4 is 23.6 Å². The molecule has 0 aliphatic heterocycles. The molecule has 6 nitrogen and oxygen atoms in total. The van der Waals surface area contributed by atoms with E-state index in [1.165, 1.54) is 11.9 Å². The van der Waals surface area contributed by atoms with Crippen LogP contribution in [0.2, 0.25) is 0 Å². The van der Waals surface area contributed by atoms with Crippen LogP contribution < -0.4 is 5.32 Å². The van der Waals surface area contributed by atoms with Crippen LogP contribution in [0.3, 0.4) is 0 Å². The number of aliphatic hydroxyl groups is 1. The fourth-order valence-electron chi connectivity index (χ4n) is 2.34. The number of aliphatic hydroxyl groups excluding tert-OH is 1. The molecule has 0 aromatic heterocycles. The minimum Gasteiger partial charge on any atom is -0.444 e.